The van der Waals surface area contributed by atoms with Crippen LogP contribution in [-0.4, -0.2) is 37.8 Å². The Morgan fingerprint density at radius 2 is 1.87 bits per heavy atom. The molecule has 0 saturated heterocycles. The molecule has 4 rings (SSSR count). The normalized spacial score (nSPS) is 11.0. The van der Waals surface area contributed by atoms with Gasteiger partial charge in [-0.3, -0.25) is 9.48 Å². The van der Waals surface area contributed by atoms with Gasteiger partial charge in [-0.2, -0.15) is 10.1 Å². The summed E-state index contributed by atoms with van der Waals surface area (Å²) in [5, 5.41) is 8.99. The summed E-state index contributed by atoms with van der Waals surface area (Å²) in [4.78, 5) is 18.7. The van der Waals surface area contributed by atoms with Crippen LogP contribution in [0.25, 0.3) is 11.4 Å². The number of nitrogens with zero attached hydrogens (tertiary/aromatic N) is 5. The molecule has 1 amide bonds. The van der Waals surface area contributed by atoms with E-state index in [1.54, 1.807) is 18.0 Å². The number of carbonyl (C=O) groups excluding carboxylic acids is 1. The maximum atomic E-state index is 12.8. The minimum absolute atomic E-state index is 0.129. The van der Waals surface area contributed by atoms with E-state index in [9.17, 15) is 4.79 Å². The summed E-state index contributed by atoms with van der Waals surface area (Å²) in [5.74, 6) is 0.608. The average molecular weight is 436 g/mol. The summed E-state index contributed by atoms with van der Waals surface area (Å²) in [6.45, 7) is 4.87. The number of benzene rings is 2. The van der Waals surface area contributed by atoms with E-state index in [0.717, 1.165) is 17.0 Å². The van der Waals surface area contributed by atoms with Crippen LogP contribution in [0.15, 0.2) is 59.1 Å². The highest BCUT2D eigenvalue weighted by Crippen LogP contribution is 2.25. The monoisotopic (exact) mass is 435 g/mol. The van der Waals surface area contributed by atoms with E-state index in [0.29, 0.717) is 34.4 Å². The molecular formula is C23H22ClN5O2. The first-order chi connectivity index (χ1) is 14.9. The fraction of sp³-hybridized carbons (Fsp3) is 0.217. The van der Waals surface area contributed by atoms with E-state index in [-0.39, 0.29) is 12.5 Å². The lowest BCUT2D eigenvalue weighted by molar-refractivity contribution is 0.0769. The molecule has 0 fully saturated rings. The SMILES string of the molecule is Cc1cc(C)n(Cc2ccc(C(=O)N(C)Cc3nc(-c4ccccc4Cl)no3)cc2)n1. The average Bonchev–Trinajstić information content (AvgIpc) is 3.34. The van der Waals surface area contributed by atoms with E-state index in [1.807, 2.05) is 67.1 Å². The Hall–Kier alpha value is -3.45. The molecule has 0 aliphatic carbocycles. The molecule has 0 unspecified atom stereocenters. The van der Waals surface area contributed by atoms with Gasteiger partial charge in [-0.15, -0.1) is 0 Å². The van der Waals surface area contributed by atoms with E-state index >= 15 is 0 Å². The molecule has 0 aliphatic heterocycles. The van der Waals surface area contributed by atoms with Gasteiger partial charge in [0, 0.05) is 23.9 Å². The number of carbonyl (C=O) groups is 1. The van der Waals surface area contributed by atoms with Gasteiger partial charge in [0.2, 0.25) is 11.7 Å². The van der Waals surface area contributed by atoms with Crippen LogP contribution < -0.4 is 0 Å². The molecule has 0 saturated carbocycles. The zero-order chi connectivity index (χ0) is 22.0. The molecule has 0 aliphatic rings. The predicted molar refractivity (Wildman–Crippen MR) is 118 cm³/mol. The largest absolute Gasteiger partial charge is 0.337 e. The number of aryl methyl sites for hydroxylation is 2. The standard InChI is InChI=1S/C23H22ClN5O2/c1-15-12-16(2)29(26-15)13-17-8-10-18(11-9-17)23(30)28(3)14-21-25-22(27-31-21)19-6-4-5-7-20(19)24/h4-12H,13-14H2,1-3H3. The van der Waals surface area contributed by atoms with Crippen molar-refractivity contribution in [3.8, 4) is 11.4 Å². The van der Waals surface area contributed by atoms with Gasteiger partial charge in [0.15, 0.2) is 0 Å². The Bertz CT molecular complexity index is 1210. The third-order valence-electron chi connectivity index (χ3n) is 4.94. The van der Waals surface area contributed by atoms with Crippen LogP contribution in [0, 0.1) is 13.8 Å². The zero-order valence-electron chi connectivity index (χ0n) is 17.5. The maximum Gasteiger partial charge on any atom is 0.254 e. The number of halogens is 1. The summed E-state index contributed by atoms with van der Waals surface area (Å²) < 4.78 is 7.25. The zero-order valence-corrected chi connectivity index (χ0v) is 18.3. The number of hydrogen-bond donors (Lipinski definition) is 0. The van der Waals surface area contributed by atoms with Gasteiger partial charge >= 0.3 is 0 Å². The highest BCUT2D eigenvalue weighted by Gasteiger charge is 2.17. The number of aromatic nitrogens is 4. The van der Waals surface area contributed by atoms with Crippen molar-refractivity contribution in [3.05, 3.63) is 88.0 Å². The summed E-state index contributed by atoms with van der Waals surface area (Å²) in [5.41, 5.74) is 4.45. The second-order valence-corrected chi connectivity index (χ2v) is 7.84. The lowest BCUT2D eigenvalue weighted by Gasteiger charge is -2.15. The van der Waals surface area contributed by atoms with Crippen LogP contribution >= 0.6 is 11.6 Å². The molecule has 0 bridgehead atoms. The van der Waals surface area contributed by atoms with Crippen molar-refractivity contribution < 1.29 is 9.32 Å². The van der Waals surface area contributed by atoms with E-state index in [2.05, 4.69) is 15.2 Å². The third kappa shape index (κ3) is 4.67. The van der Waals surface area contributed by atoms with Crippen LogP contribution in [0.1, 0.15) is 33.2 Å². The van der Waals surface area contributed by atoms with Crippen molar-refractivity contribution in [2.24, 2.45) is 0 Å². The molecule has 158 valence electrons. The Kier molecular flexibility index (Phi) is 5.86. The Labute approximate surface area is 185 Å². The quantitative estimate of drug-likeness (QED) is 0.445. The van der Waals surface area contributed by atoms with Crippen LogP contribution in [0.3, 0.4) is 0 Å². The van der Waals surface area contributed by atoms with Crippen molar-refractivity contribution in [1.82, 2.24) is 24.8 Å². The highest BCUT2D eigenvalue weighted by molar-refractivity contribution is 6.33. The first-order valence-corrected chi connectivity index (χ1v) is 10.2. The second kappa shape index (κ2) is 8.73. The first kappa shape index (κ1) is 20.8. The molecule has 7 nitrogen and oxygen atoms in total. The minimum Gasteiger partial charge on any atom is -0.337 e. The summed E-state index contributed by atoms with van der Waals surface area (Å²) >= 11 is 6.19. The lowest BCUT2D eigenvalue weighted by atomic mass is 10.1. The Morgan fingerprint density at radius 1 is 1.13 bits per heavy atom. The van der Waals surface area contributed by atoms with Crippen LogP contribution in [0.4, 0.5) is 0 Å². The third-order valence-corrected chi connectivity index (χ3v) is 5.27. The highest BCUT2D eigenvalue weighted by atomic mass is 35.5. The predicted octanol–water partition coefficient (Wildman–Crippen LogP) is 4.52. The molecule has 0 spiro atoms. The van der Waals surface area contributed by atoms with Crippen LogP contribution in [0.2, 0.25) is 5.02 Å². The van der Waals surface area contributed by atoms with E-state index in [4.69, 9.17) is 16.1 Å². The number of hydrogen-bond acceptors (Lipinski definition) is 5. The number of amides is 1. The molecule has 2 aromatic heterocycles. The molecular weight excluding hydrogens is 414 g/mol. The van der Waals surface area contributed by atoms with Gasteiger partial charge in [-0.1, -0.05) is 41.0 Å². The van der Waals surface area contributed by atoms with Gasteiger partial charge in [-0.25, -0.2) is 0 Å². The summed E-state index contributed by atoms with van der Waals surface area (Å²) in [6, 6.07) is 16.8. The molecule has 0 radical (unpaired) electrons. The van der Waals surface area contributed by atoms with Crippen LogP contribution in [0.5, 0.6) is 0 Å². The molecule has 8 heteroatoms. The maximum absolute atomic E-state index is 12.8. The fourth-order valence-corrected chi connectivity index (χ4v) is 3.55. The Morgan fingerprint density at radius 3 is 2.55 bits per heavy atom. The van der Waals surface area contributed by atoms with Crippen molar-refractivity contribution >= 4 is 17.5 Å². The fourth-order valence-electron chi connectivity index (χ4n) is 3.33. The molecule has 2 heterocycles. The van der Waals surface area contributed by atoms with Crippen molar-refractivity contribution in [2.75, 3.05) is 7.05 Å². The van der Waals surface area contributed by atoms with Crippen molar-refractivity contribution in [2.45, 2.75) is 26.9 Å². The smallest absolute Gasteiger partial charge is 0.254 e. The molecule has 4 aromatic rings. The van der Waals surface area contributed by atoms with Gasteiger partial charge in [0.25, 0.3) is 5.91 Å². The molecule has 0 atom stereocenters. The van der Waals surface area contributed by atoms with Gasteiger partial charge in [-0.05, 0) is 49.7 Å². The van der Waals surface area contributed by atoms with Gasteiger partial charge < -0.3 is 9.42 Å². The topological polar surface area (TPSA) is 77.0 Å². The van der Waals surface area contributed by atoms with Crippen molar-refractivity contribution in [3.63, 3.8) is 0 Å². The second-order valence-electron chi connectivity index (χ2n) is 7.43. The number of rotatable bonds is 6. The van der Waals surface area contributed by atoms with Crippen LogP contribution in [-0.2, 0) is 13.1 Å². The molecule has 2 aromatic carbocycles. The van der Waals surface area contributed by atoms with E-state index in [1.165, 1.54) is 0 Å². The molecule has 31 heavy (non-hydrogen) atoms. The van der Waals surface area contributed by atoms with Gasteiger partial charge in [0.05, 0.1) is 23.8 Å². The summed E-state index contributed by atoms with van der Waals surface area (Å²) in [6.07, 6.45) is 0. The van der Waals surface area contributed by atoms with Gasteiger partial charge in [0.1, 0.15) is 0 Å². The minimum atomic E-state index is -0.129. The Balaban J connectivity index is 1.41. The summed E-state index contributed by atoms with van der Waals surface area (Å²) in [7, 11) is 1.70. The van der Waals surface area contributed by atoms with E-state index < -0.39 is 0 Å². The lowest BCUT2D eigenvalue weighted by Crippen LogP contribution is -2.26. The van der Waals surface area contributed by atoms with Crippen molar-refractivity contribution in [1.29, 1.82) is 0 Å². The molecule has 0 N–H and O–H groups in total. The first-order valence-electron chi connectivity index (χ1n) is 9.83.